The van der Waals surface area contributed by atoms with E-state index in [4.69, 9.17) is 9.47 Å². The SMILES string of the molecule is COc1cccc(CC2(O)CC3CCCC(C2)N3C(=O)OCC2c3ccccc3-c3ccccc32)c1. The van der Waals surface area contributed by atoms with E-state index in [9.17, 15) is 9.90 Å². The monoisotopic (exact) mass is 483 g/mol. The largest absolute Gasteiger partial charge is 0.497 e. The number of ether oxygens (including phenoxy) is 2. The van der Waals surface area contributed by atoms with Crippen LogP contribution in [-0.2, 0) is 11.2 Å². The maximum Gasteiger partial charge on any atom is 0.410 e. The molecule has 6 rings (SSSR count). The van der Waals surface area contributed by atoms with Gasteiger partial charge in [-0.2, -0.15) is 0 Å². The Labute approximate surface area is 212 Å². The van der Waals surface area contributed by atoms with Gasteiger partial charge in [-0.15, -0.1) is 0 Å². The number of hydrogen-bond acceptors (Lipinski definition) is 4. The van der Waals surface area contributed by atoms with Crippen molar-refractivity contribution in [2.24, 2.45) is 0 Å². The fourth-order valence-corrected chi connectivity index (χ4v) is 6.80. The molecule has 2 aliphatic heterocycles. The number of fused-ring (bicyclic) bond motifs is 5. The zero-order valence-corrected chi connectivity index (χ0v) is 20.7. The summed E-state index contributed by atoms with van der Waals surface area (Å²) < 4.78 is 11.4. The third kappa shape index (κ3) is 4.16. The van der Waals surface area contributed by atoms with E-state index >= 15 is 0 Å². The first-order valence-electron chi connectivity index (χ1n) is 13.0. The van der Waals surface area contributed by atoms with Gasteiger partial charge in [-0.05, 0) is 72.1 Å². The molecule has 0 saturated carbocycles. The standard InChI is InChI=1S/C31H33NO4/c1-35-24-11-6-8-21(16-24)17-31(34)18-22-9-7-10-23(19-31)32(22)30(33)36-20-29-27-14-4-2-12-25(27)26-13-3-5-15-28(26)29/h2-6,8,11-16,22-23,29,34H,7,9-10,17-20H2,1H3. The molecule has 0 radical (unpaired) electrons. The normalized spacial score (nSPS) is 24.7. The Morgan fingerprint density at radius 1 is 0.944 bits per heavy atom. The Kier molecular flexibility index (Phi) is 5.96. The first-order chi connectivity index (χ1) is 17.5. The number of rotatable bonds is 5. The topological polar surface area (TPSA) is 59.0 Å². The van der Waals surface area contributed by atoms with Crippen LogP contribution in [0.15, 0.2) is 72.8 Å². The number of piperidine rings is 2. The average Bonchev–Trinajstić information content (AvgIpc) is 3.20. The minimum absolute atomic E-state index is 0.00348. The van der Waals surface area contributed by atoms with Crippen LogP contribution in [0.3, 0.4) is 0 Å². The lowest BCUT2D eigenvalue weighted by molar-refractivity contribution is -0.0840. The van der Waals surface area contributed by atoms with Crippen LogP contribution in [0, 0.1) is 0 Å². The lowest BCUT2D eigenvalue weighted by atomic mass is 9.73. The van der Waals surface area contributed by atoms with Crippen molar-refractivity contribution in [1.82, 2.24) is 4.90 Å². The number of nitrogens with zero attached hydrogens (tertiary/aromatic N) is 1. The number of methoxy groups -OCH3 is 1. The number of carbonyl (C=O) groups excluding carboxylic acids is 1. The van der Waals surface area contributed by atoms with Gasteiger partial charge in [0.1, 0.15) is 12.4 Å². The molecule has 186 valence electrons. The predicted molar refractivity (Wildman–Crippen MR) is 139 cm³/mol. The first kappa shape index (κ1) is 23.1. The molecule has 5 nitrogen and oxygen atoms in total. The Morgan fingerprint density at radius 2 is 1.58 bits per heavy atom. The van der Waals surface area contributed by atoms with E-state index in [2.05, 4.69) is 48.5 Å². The summed E-state index contributed by atoms with van der Waals surface area (Å²) in [7, 11) is 1.66. The van der Waals surface area contributed by atoms with Crippen LogP contribution < -0.4 is 4.74 Å². The molecule has 36 heavy (non-hydrogen) atoms. The fourth-order valence-electron chi connectivity index (χ4n) is 6.80. The average molecular weight is 484 g/mol. The van der Waals surface area contributed by atoms with Gasteiger partial charge in [0.25, 0.3) is 0 Å². The van der Waals surface area contributed by atoms with E-state index in [1.165, 1.54) is 22.3 Å². The summed E-state index contributed by atoms with van der Waals surface area (Å²) in [6.07, 6.45) is 4.36. The highest BCUT2D eigenvalue weighted by Gasteiger charge is 2.48. The summed E-state index contributed by atoms with van der Waals surface area (Å²) in [4.78, 5) is 15.4. The molecule has 1 aliphatic carbocycles. The van der Waals surface area contributed by atoms with Crippen LogP contribution in [0.4, 0.5) is 4.79 Å². The summed E-state index contributed by atoms with van der Waals surface area (Å²) in [5.74, 6) is 0.850. The molecule has 0 aromatic heterocycles. The van der Waals surface area contributed by atoms with E-state index < -0.39 is 5.60 Å². The van der Waals surface area contributed by atoms with Crippen molar-refractivity contribution in [1.29, 1.82) is 0 Å². The molecular formula is C31H33NO4. The fraction of sp³-hybridized carbons (Fsp3) is 0.387. The van der Waals surface area contributed by atoms with Gasteiger partial charge in [0, 0.05) is 24.4 Å². The minimum atomic E-state index is -0.831. The highest BCUT2D eigenvalue weighted by atomic mass is 16.6. The van der Waals surface area contributed by atoms with Gasteiger partial charge in [0.15, 0.2) is 0 Å². The van der Waals surface area contributed by atoms with Crippen molar-refractivity contribution in [3.05, 3.63) is 89.5 Å². The van der Waals surface area contributed by atoms with E-state index in [1.54, 1.807) is 7.11 Å². The Balaban J connectivity index is 1.16. The smallest absolute Gasteiger partial charge is 0.410 e. The zero-order chi connectivity index (χ0) is 24.7. The van der Waals surface area contributed by atoms with E-state index in [-0.39, 0.29) is 24.1 Å². The quantitative estimate of drug-likeness (QED) is 0.488. The first-order valence-corrected chi connectivity index (χ1v) is 13.0. The van der Waals surface area contributed by atoms with Crippen molar-refractivity contribution in [2.45, 2.75) is 62.1 Å². The third-order valence-electron chi connectivity index (χ3n) is 8.31. The van der Waals surface area contributed by atoms with Crippen LogP contribution >= 0.6 is 0 Å². The van der Waals surface area contributed by atoms with Crippen LogP contribution in [0.2, 0.25) is 0 Å². The molecule has 0 spiro atoms. The predicted octanol–water partition coefficient (Wildman–Crippen LogP) is 5.93. The van der Waals surface area contributed by atoms with E-state index in [0.717, 1.165) is 30.6 Å². The van der Waals surface area contributed by atoms with Gasteiger partial charge < -0.3 is 19.5 Å². The molecule has 5 heteroatoms. The molecule has 2 saturated heterocycles. The molecule has 2 fully saturated rings. The van der Waals surface area contributed by atoms with Gasteiger partial charge >= 0.3 is 6.09 Å². The molecule has 3 aromatic rings. The zero-order valence-electron chi connectivity index (χ0n) is 20.7. The Bertz CT molecular complexity index is 1210. The van der Waals surface area contributed by atoms with Gasteiger partial charge in [-0.1, -0.05) is 60.7 Å². The molecule has 2 heterocycles. The van der Waals surface area contributed by atoms with Gasteiger partial charge in [-0.3, -0.25) is 0 Å². The van der Waals surface area contributed by atoms with Crippen LogP contribution in [0.1, 0.15) is 54.7 Å². The lowest BCUT2D eigenvalue weighted by Crippen LogP contribution is -2.60. The van der Waals surface area contributed by atoms with Gasteiger partial charge in [0.2, 0.25) is 0 Å². The summed E-state index contributed by atoms with van der Waals surface area (Å²) in [6.45, 7) is 0.330. The van der Waals surface area contributed by atoms with Gasteiger partial charge in [0.05, 0.1) is 12.7 Å². The van der Waals surface area contributed by atoms with E-state index in [0.29, 0.717) is 25.9 Å². The maximum atomic E-state index is 13.5. The molecule has 2 atom stereocenters. The molecular weight excluding hydrogens is 450 g/mol. The van der Waals surface area contributed by atoms with Crippen LogP contribution in [0.25, 0.3) is 11.1 Å². The summed E-state index contributed by atoms with van der Waals surface area (Å²) in [5.41, 5.74) is 5.13. The summed E-state index contributed by atoms with van der Waals surface area (Å²) in [6, 6.07) is 24.7. The van der Waals surface area contributed by atoms with Crippen molar-refractivity contribution < 1.29 is 19.4 Å². The highest BCUT2D eigenvalue weighted by molar-refractivity contribution is 5.79. The van der Waals surface area contributed by atoms with Crippen molar-refractivity contribution in [2.75, 3.05) is 13.7 Å². The Morgan fingerprint density at radius 3 is 2.22 bits per heavy atom. The molecule has 3 aliphatic rings. The number of benzene rings is 3. The third-order valence-corrected chi connectivity index (χ3v) is 8.31. The van der Waals surface area contributed by atoms with Crippen molar-refractivity contribution in [3.8, 4) is 16.9 Å². The highest BCUT2D eigenvalue weighted by Crippen LogP contribution is 2.45. The second-order valence-electron chi connectivity index (χ2n) is 10.6. The second kappa shape index (κ2) is 9.29. The molecule has 3 aromatic carbocycles. The van der Waals surface area contributed by atoms with Gasteiger partial charge in [-0.25, -0.2) is 4.79 Å². The maximum absolute atomic E-state index is 13.5. The molecule has 2 unspecified atom stereocenters. The number of hydrogen-bond donors (Lipinski definition) is 1. The lowest BCUT2D eigenvalue weighted by Gasteiger charge is -2.51. The summed E-state index contributed by atoms with van der Waals surface area (Å²) >= 11 is 0. The molecule has 1 N–H and O–H groups in total. The number of carbonyl (C=O) groups is 1. The molecule has 1 amide bonds. The van der Waals surface area contributed by atoms with Crippen molar-refractivity contribution in [3.63, 3.8) is 0 Å². The molecule has 2 bridgehead atoms. The minimum Gasteiger partial charge on any atom is -0.497 e. The van der Waals surface area contributed by atoms with Crippen molar-refractivity contribution >= 4 is 6.09 Å². The van der Waals surface area contributed by atoms with Crippen LogP contribution in [0.5, 0.6) is 5.75 Å². The Hall–Kier alpha value is -3.31. The van der Waals surface area contributed by atoms with E-state index in [1.807, 2.05) is 29.2 Å². The summed E-state index contributed by atoms with van der Waals surface area (Å²) in [5, 5.41) is 11.6. The second-order valence-corrected chi connectivity index (χ2v) is 10.6. The van der Waals surface area contributed by atoms with Crippen LogP contribution in [-0.4, -0.2) is 47.5 Å². The number of amides is 1. The number of aliphatic hydroxyl groups is 1.